The zero-order valence-corrected chi connectivity index (χ0v) is 14.8. The number of rotatable bonds is 5. The van der Waals surface area contributed by atoms with Gasteiger partial charge in [0.15, 0.2) is 0 Å². The highest BCUT2D eigenvalue weighted by Gasteiger charge is 2.27. The maximum atomic E-state index is 12.2. The van der Waals surface area contributed by atoms with Crippen molar-refractivity contribution in [2.24, 2.45) is 11.7 Å². The standard InChI is InChI=1S/C20H31N3O/c1-15-4-2-3-11-23(15)14-17-7-5-16(6-8-17)13-22-20(24)18-9-10-19(21)12-18/h5-8,15,18-19H,2-4,9-14,21H2,1H3,(H,22,24). The van der Waals surface area contributed by atoms with E-state index in [0.29, 0.717) is 12.6 Å². The summed E-state index contributed by atoms with van der Waals surface area (Å²) in [7, 11) is 0. The third kappa shape index (κ3) is 4.58. The smallest absolute Gasteiger partial charge is 0.223 e. The van der Waals surface area contributed by atoms with Crippen molar-refractivity contribution in [3.63, 3.8) is 0 Å². The first-order valence-corrected chi connectivity index (χ1v) is 9.47. The minimum Gasteiger partial charge on any atom is -0.352 e. The molecule has 1 saturated carbocycles. The number of hydrogen-bond donors (Lipinski definition) is 2. The maximum Gasteiger partial charge on any atom is 0.223 e. The van der Waals surface area contributed by atoms with Gasteiger partial charge >= 0.3 is 0 Å². The van der Waals surface area contributed by atoms with Crippen molar-refractivity contribution >= 4 is 5.91 Å². The van der Waals surface area contributed by atoms with Gasteiger partial charge in [0.2, 0.25) is 5.91 Å². The molecule has 1 aromatic rings. The molecule has 1 aliphatic carbocycles. The van der Waals surface area contributed by atoms with Crippen LogP contribution in [0.5, 0.6) is 0 Å². The number of nitrogens with zero attached hydrogens (tertiary/aromatic N) is 1. The fourth-order valence-corrected chi connectivity index (χ4v) is 3.98. The minimum absolute atomic E-state index is 0.111. The predicted molar refractivity (Wildman–Crippen MR) is 97.3 cm³/mol. The van der Waals surface area contributed by atoms with E-state index in [9.17, 15) is 4.79 Å². The summed E-state index contributed by atoms with van der Waals surface area (Å²) in [5.74, 6) is 0.272. The molecule has 3 rings (SSSR count). The number of hydrogen-bond acceptors (Lipinski definition) is 3. The number of piperidine rings is 1. The Morgan fingerprint density at radius 3 is 2.58 bits per heavy atom. The van der Waals surface area contributed by atoms with Crippen LogP contribution in [-0.4, -0.2) is 29.4 Å². The van der Waals surface area contributed by atoms with E-state index in [4.69, 9.17) is 5.73 Å². The third-order valence-electron chi connectivity index (χ3n) is 5.66. The van der Waals surface area contributed by atoms with Gasteiger partial charge in [-0.05, 0) is 56.7 Å². The average molecular weight is 329 g/mol. The lowest BCUT2D eigenvalue weighted by Gasteiger charge is -2.33. The Bertz CT molecular complexity index is 542. The van der Waals surface area contributed by atoms with Crippen LogP contribution in [0.1, 0.15) is 56.6 Å². The van der Waals surface area contributed by atoms with Gasteiger partial charge in [0.25, 0.3) is 0 Å². The quantitative estimate of drug-likeness (QED) is 0.873. The Morgan fingerprint density at radius 2 is 1.92 bits per heavy atom. The zero-order chi connectivity index (χ0) is 16.9. The van der Waals surface area contributed by atoms with Gasteiger partial charge in [-0.3, -0.25) is 9.69 Å². The fraction of sp³-hybridized carbons (Fsp3) is 0.650. The molecule has 3 unspecified atom stereocenters. The number of nitrogens with one attached hydrogen (secondary N) is 1. The molecular weight excluding hydrogens is 298 g/mol. The lowest BCUT2D eigenvalue weighted by molar-refractivity contribution is -0.125. The van der Waals surface area contributed by atoms with E-state index in [1.807, 2.05) is 0 Å². The van der Waals surface area contributed by atoms with E-state index in [1.54, 1.807) is 0 Å². The van der Waals surface area contributed by atoms with Crippen molar-refractivity contribution in [3.05, 3.63) is 35.4 Å². The van der Waals surface area contributed by atoms with Gasteiger partial charge in [-0.2, -0.15) is 0 Å². The maximum absolute atomic E-state index is 12.2. The Hall–Kier alpha value is -1.39. The highest BCUT2D eigenvalue weighted by Crippen LogP contribution is 2.24. The van der Waals surface area contributed by atoms with Crippen LogP contribution in [0.2, 0.25) is 0 Å². The number of carbonyl (C=O) groups excluding carboxylic acids is 1. The lowest BCUT2D eigenvalue weighted by atomic mass is 10.0. The van der Waals surface area contributed by atoms with Crippen LogP contribution in [0.3, 0.4) is 0 Å². The van der Waals surface area contributed by atoms with E-state index < -0.39 is 0 Å². The SMILES string of the molecule is CC1CCCCN1Cc1ccc(CNC(=O)C2CCC(N)C2)cc1. The molecule has 0 radical (unpaired) electrons. The second-order valence-electron chi connectivity index (χ2n) is 7.62. The highest BCUT2D eigenvalue weighted by molar-refractivity contribution is 5.79. The molecule has 1 amide bonds. The van der Waals surface area contributed by atoms with Crippen molar-refractivity contribution in [2.45, 2.75) is 70.6 Å². The fourth-order valence-electron chi connectivity index (χ4n) is 3.98. The van der Waals surface area contributed by atoms with E-state index in [2.05, 4.69) is 41.4 Å². The summed E-state index contributed by atoms with van der Waals surface area (Å²) < 4.78 is 0. The Labute approximate surface area is 145 Å². The summed E-state index contributed by atoms with van der Waals surface area (Å²) in [5.41, 5.74) is 8.42. The van der Waals surface area contributed by atoms with Crippen molar-refractivity contribution in [1.29, 1.82) is 0 Å². The van der Waals surface area contributed by atoms with Gasteiger partial charge in [0.1, 0.15) is 0 Å². The number of nitrogens with two attached hydrogens (primary N) is 1. The van der Waals surface area contributed by atoms with Gasteiger partial charge in [-0.15, -0.1) is 0 Å². The van der Waals surface area contributed by atoms with Gasteiger partial charge in [-0.1, -0.05) is 30.7 Å². The average Bonchev–Trinajstić information content (AvgIpc) is 3.03. The number of amides is 1. The summed E-state index contributed by atoms with van der Waals surface area (Å²) in [6.07, 6.45) is 6.73. The van der Waals surface area contributed by atoms with Crippen molar-refractivity contribution in [1.82, 2.24) is 10.2 Å². The highest BCUT2D eigenvalue weighted by atomic mass is 16.1. The largest absolute Gasteiger partial charge is 0.352 e. The van der Waals surface area contributed by atoms with E-state index >= 15 is 0 Å². The minimum atomic E-state index is 0.111. The van der Waals surface area contributed by atoms with Crippen LogP contribution >= 0.6 is 0 Å². The van der Waals surface area contributed by atoms with Crippen LogP contribution in [0.4, 0.5) is 0 Å². The van der Waals surface area contributed by atoms with Gasteiger partial charge in [0.05, 0.1) is 0 Å². The molecule has 0 spiro atoms. The normalized spacial score (nSPS) is 28.0. The summed E-state index contributed by atoms with van der Waals surface area (Å²) in [6.45, 7) is 5.19. The molecule has 1 aromatic carbocycles. The monoisotopic (exact) mass is 329 g/mol. The Kier molecular flexibility index (Phi) is 5.90. The van der Waals surface area contributed by atoms with Crippen molar-refractivity contribution < 1.29 is 4.79 Å². The van der Waals surface area contributed by atoms with Crippen molar-refractivity contribution in [3.8, 4) is 0 Å². The summed E-state index contributed by atoms with van der Waals surface area (Å²) in [5, 5.41) is 3.06. The molecular formula is C20H31N3O. The molecule has 3 N–H and O–H groups in total. The molecule has 0 bridgehead atoms. The Balaban J connectivity index is 1.46. The molecule has 24 heavy (non-hydrogen) atoms. The predicted octanol–water partition coefficient (Wildman–Crippen LogP) is 2.80. The van der Waals surface area contributed by atoms with E-state index in [-0.39, 0.29) is 17.9 Å². The summed E-state index contributed by atoms with van der Waals surface area (Å²) in [6, 6.07) is 9.59. The second-order valence-corrected chi connectivity index (χ2v) is 7.62. The lowest BCUT2D eigenvalue weighted by Crippen LogP contribution is -2.36. The van der Waals surface area contributed by atoms with Crippen molar-refractivity contribution in [2.75, 3.05) is 6.54 Å². The van der Waals surface area contributed by atoms with E-state index in [0.717, 1.165) is 25.8 Å². The summed E-state index contributed by atoms with van der Waals surface area (Å²) in [4.78, 5) is 14.7. The number of carbonyl (C=O) groups is 1. The second kappa shape index (κ2) is 8.13. The Morgan fingerprint density at radius 1 is 1.17 bits per heavy atom. The summed E-state index contributed by atoms with van der Waals surface area (Å²) >= 11 is 0. The molecule has 4 nitrogen and oxygen atoms in total. The van der Waals surface area contributed by atoms with Crippen LogP contribution in [-0.2, 0) is 17.9 Å². The number of likely N-dealkylation sites (tertiary alicyclic amines) is 1. The first-order valence-electron chi connectivity index (χ1n) is 9.47. The topological polar surface area (TPSA) is 58.4 Å². The van der Waals surface area contributed by atoms with Gasteiger partial charge < -0.3 is 11.1 Å². The molecule has 1 aliphatic heterocycles. The molecule has 0 aromatic heterocycles. The number of benzene rings is 1. The first kappa shape index (κ1) is 17.4. The molecule has 1 saturated heterocycles. The third-order valence-corrected chi connectivity index (χ3v) is 5.66. The van der Waals surface area contributed by atoms with Crippen LogP contribution in [0.25, 0.3) is 0 Å². The van der Waals surface area contributed by atoms with E-state index in [1.165, 1.54) is 36.9 Å². The van der Waals surface area contributed by atoms with Crippen LogP contribution in [0, 0.1) is 5.92 Å². The zero-order valence-electron chi connectivity index (χ0n) is 14.8. The van der Waals surface area contributed by atoms with Gasteiger partial charge in [0, 0.05) is 31.1 Å². The molecule has 132 valence electrons. The molecule has 3 atom stereocenters. The molecule has 4 heteroatoms. The van der Waals surface area contributed by atoms with Crippen LogP contribution < -0.4 is 11.1 Å². The first-order chi connectivity index (χ1) is 11.6. The molecule has 1 heterocycles. The van der Waals surface area contributed by atoms with Crippen LogP contribution in [0.15, 0.2) is 24.3 Å². The molecule has 2 aliphatic rings. The van der Waals surface area contributed by atoms with Gasteiger partial charge in [-0.25, -0.2) is 0 Å². The molecule has 2 fully saturated rings.